The van der Waals surface area contributed by atoms with Gasteiger partial charge in [-0.2, -0.15) is 0 Å². The molecule has 2 aromatic carbocycles. The third-order valence-electron chi connectivity index (χ3n) is 3.70. The Bertz CT molecular complexity index is 1200. The van der Waals surface area contributed by atoms with Crippen molar-refractivity contribution in [2.24, 2.45) is 0 Å². The van der Waals surface area contributed by atoms with Crippen LogP contribution in [0.5, 0.6) is 0 Å². The summed E-state index contributed by atoms with van der Waals surface area (Å²) in [5.74, 6) is -0.429. The van der Waals surface area contributed by atoms with Crippen molar-refractivity contribution in [3.63, 3.8) is 0 Å². The van der Waals surface area contributed by atoms with Gasteiger partial charge in [-0.1, -0.05) is 30.3 Å². The van der Waals surface area contributed by atoms with Gasteiger partial charge in [0.15, 0.2) is 5.78 Å². The first-order valence-electron chi connectivity index (χ1n) is 7.67. The lowest BCUT2D eigenvalue weighted by Crippen LogP contribution is -2.15. The average Bonchev–Trinajstić information content (AvgIpc) is 2.63. The molecule has 0 aliphatic carbocycles. The van der Waals surface area contributed by atoms with Gasteiger partial charge >= 0.3 is 0 Å². The van der Waals surface area contributed by atoms with Crippen molar-refractivity contribution in [2.75, 3.05) is 16.3 Å². The molecular weight excluding hydrogens is 388 g/mol. The lowest BCUT2D eigenvalue weighted by atomic mass is 10.0. The largest absolute Gasteiger partial charge is 0.325 e. The van der Waals surface area contributed by atoms with Crippen LogP contribution in [-0.2, 0) is 14.8 Å². The number of anilines is 2. The smallest absolute Gasteiger partial charge is 0.229 e. The van der Waals surface area contributed by atoms with Crippen LogP contribution in [0.1, 0.15) is 15.9 Å². The highest BCUT2D eigenvalue weighted by Gasteiger charge is 2.19. The molecule has 0 bridgehead atoms. The van der Waals surface area contributed by atoms with Gasteiger partial charge in [0.05, 0.1) is 17.6 Å². The number of amides is 1. The molecular formula is C18H14N2O5S2. The predicted molar refractivity (Wildman–Crippen MR) is 106 cm³/mol. The normalized spacial score (nSPS) is 11.1. The van der Waals surface area contributed by atoms with Crippen molar-refractivity contribution in [3.05, 3.63) is 69.2 Å². The van der Waals surface area contributed by atoms with Crippen LogP contribution in [0.4, 0.5) is 11.4 Å². The fourth-order valence-corrected chi connectivity index (χ4v) is 4.01. The van der Waals surface area contributed by atoms with Crippen LogP contribution in [-0.4, -0.2) is 26.9 Å². The second-order valence-electron chi connectivity index (χ2n) is 5.70. The summed E-state index contributed by atoms with van der Waals surface area (Å²) in [6.45, 7) is 0. The van der Waals surface area contributed by atoms with Gasteiger partial charge in [0.25, 0.3) is 0 Å². The molecule has 138 valence electrons. The third kappa shape index (κ3) is 4.04. The van der Waals surface area contributed by atoms with Crippen molar-refractivity contribution in [3.8, 4) is 0 Å². The summed E-state index contributed by atoms with van der Waals surface area (Å²) >= 11 is 1.15. The Balaban J connectivity index is 2.28. The number of sulfonamides is 1. The lowest BCUT2D eigenvalue weighted by molar-refractivity contribution is -0.105. The molecule has 3 aromatic rings. The van der Waals surface area contributed by atoms with Crippen LogP contribution in [0.2, 0.25) is 0 Å². The van der Waals surface area contributed by atoms with Gasteiger partial charge in [-0.3, -0.25) is 19.1 Å². The molecule has 0 aliphatic heterocycles. The molecule has 0 saturated heterocycles. The molecule has 3 rings (SSSR count). The highest BCUT2D eigenvalue weighted by atomic mass is 32.2. The van der Waals surface area contributed by atoms with E-state index in [-0.39, 0.29) is 22.3 Å². The van der Waals surface area contributed by atoms with Gasteiger partial charge in [-0.15, -0.1) is 11.3 Å². The van der Waals surface area contributed by atoms with Crippen LogP contribution in [0.15, 0.2) is 52.6 Å². The first-order valence-corrected chi connectivity index (χ1v) is 10.4. The quantitative estimate of drug-likeness (QED) is 0.486. The van der Waals surface area contributed by atoms with Crippen LogP contribution in [0, 0.1) is 0 Å². The summed E-state index contributed by atoms with van der Waals surface area (Å²) in [5, 5.41) is 4.00. The molecule has 0 unspecified atom stereocenters. The predicted octanol–water partition coefficient (Wildman–Crippen LogP) is 2.43. The molecule has 1 amide bonds. The molecule has 9 heteroatoms. The Morgan fingerprint density at radius 3 is 2.44 bits per heavy atom. The minimum atomic E-state index is -3.65. The first kappa shape index (κ1) is 18.7. The standard InChI is InChI=1S/C18H14N2O5S2/c1-27(24,25)20-14-8-16-13(18(23)15(9-26-16)19-10-21)7-12(14)17(22)11-5-3-2-4-6-11/h2-10,20H,1H3,(H,19,21). The maximum Gasteiger partial charge on any atom is 0.229 e. The number of carbonyl (C=O) groups is 2. The first-order chi connectivity index (χ1) is 12.8. The van der Waals surface area contributed by atoms with Gasteiger partial charge in [0.1, 0.15) is 0 Å². The molecule has 0 spiro atoms. The van der Waals surface area contributed by atoms with Crippen LogP contribution in [0.25, 0.3) is 10.1 Å². The van der Waals surface area contributed by atoms with E-state index in [0.717, 1.165) is 17.6 Å². The molecule has 0 atom stereocenters. The Hall–Kier alpha value is -3.04. The fourth-order valence-electron chi connectivity index (χ4n) is 2.56. The fraction of sp³-hybridized carbons (Fsp3) is 0.0556. The second-order valence-corrected chi connectivity index (χ2v) is 8.36. The molecule has 7 nitrogen and oxygen atoms in total. The molecule has 0 aliphatic rings. The molecule has 2 N–H and O–H groups in total. The molecule has 0 saturated carbocycles. The number of ketones is 1. The maximum atomic E-state index is 12.9. The highest BCUT2D eigenvalue weighted by Crippen LogP contribution is 2.29. The van der Waals surface area contributed by atoms with Gasteiger partial charge < -0.3 is 5.32 Å². The van der Waals surface area contributed by atoms with Crippen molar-refractivity contribution < 1.29 is 18.0 Å². The number of hydrogen-bond donors (Lipinski definition) is 2. The number of hydrogen-bond acceptors (Lipinski definition) is 6. The van der Waals surface area contributed by atoms with Crippen molar-refractivity contribution in [1.82, 2.24) is 0 Å². The number of rotatable bonds is 6. The topological polar surface area (TPSA) is 109 Å². The van der Waals surface area contributed by atoms with E-state index in [1.165, 1.54) is 17.5 Å². The van der Waals surface area contributed by atoms with Crippen molar-refractivity contribution in [1.29, 1.82) is 0 Å². The third-order valence-corrected chi connectivity index (χ3v) is 5.24. The summed E-state index contributed by atoms with van der Waals surface area (Å²) < 4.78 is 26.3. The summed E-state index contributed by atoms with van der Waals surface area (Å²) in [6.07, 6.45) is 1.37. The number of fused-ring (bicyclic) bond motifs is 1. The van der Waals surface area contributed by atoms with Crippen LogP contribution < -0.4 is 15.5 Å². The molecule has 1 heterocycles. The van der Waals surface area contributed by atoms with Gasteiger partial charge in [-0.05, 0) is 12.1 Å². The average molecular weight is 402 g/mol. The van der Waals surface area contributed by atoms with E-state index in [0.29, 0.717) is 16.7 Å². The van der Waals surface area contributed by atoms with E-state index in [4.69, 9.17) is 0 Å². The Morgan fingerprint density at radius 2 is 1.81 bits per heavy atom. The molecule has 27 heavy (non-hydrogen) atoms. The van der Waals surface area contributed by atoms with Crippen LogP contribution in [0.3, 0.4) is 0 Å². The van der Waals surface area contributed by atoms with Crippen molar-refractivity contribution in [2.45, 2.75) is 0 Å². The Kier molecular flexibility index (Phi) is 5.06. The monoisotopic (exact) mass is 402 g/mol. The minimum Gasteiger partial charge on any atom is -0.325 e. The van der Waals surface area contributed by atoms with Gasteiger partial charge in [-0.25, -0.2) is 8.42 Å². The zero-order valence-corrected chi connectivity index (χ0v) is 15.7. The zero-order chi connectivity index (χ0) is 19.6. The van der Waals surface area contributed by atoms with E-state index >= 15 is 0 Å². The summed E-state index contributed by atoms with van der Waals surface area (Å²) in [5.41, 5.74) is 0.122. The van der Waals surface area contributed by atoms with Gasteiger partial charge in [0.2, 0.25) is 21.9 Å². The zero-order valence-electron chi connectivity index (χ0n) is 14.1. The van der Waals surface area contributed by atoms with E-state index < -0.39 is 21.2 Å². The van der Waals surface area contributed by atoms with Crippen LogP contribution >= 0.6 is 11.3 Å². The van der Waals surface area contributed by atoms with Gasteiger partial charge in [0, 0.05) is 26.6 Å². The number of carbonyl (C=O) groups excluding carboxylic acids is 2. The molecule has 0 radical (unpaired) electrons. The maximum absolute atomic E-state index is 12.9. The minimum absolute atomic E-state index is 0.0479. The summed E-state index contributed by atoms with van der Waals surface area (Å²) in [4.78, 5) is 36.1. The lowest BCUT2D eigenvalue weighted by Gasteiger charge is -2.12. The highest BCUT2D eigenvalue weighted by molar-refractivity contribution is 7.92. The SMILES string of the molecule is CS(=O)(=O)Nc1cc2scc(NC=O)c(=O)c2cc1C(=O)c1ccccc1. The Labute approximate surface area is 158 Å². The summed E-state index contributed by atoms with van der Waals surface area (Å²) in [7, 11) is -3.65. The molecule has 0 fully saturated rings. The number of nitrogens with one attached hydrogen (secondary N) is 2. The van der Waals surface area contributed by atoms with E-state index in [1.807, 2.05) is 0 Å². The number of benzene rings is 2. The van der Waals surface area contributed by atoms with E-state index in [2.05, 4.69) is 10.0 Å². The van der Waals surface area contributed by atoms with Crippen molar-refractivity contribution >= 4 is 55.0 Å². The summed E-state index contributed by atoms with van der Waals surface area (Å²) in [6, 6.07) is 11.1. The van der Waals surface area contributed by atoms with E-state index in [9.17, 15) is 22.8 Å². The molecule has 1 aromatic heterocycles. The second kappa shape index (κ2) is 7.29. The Morgan fingerprint density at radius 1 is 1.11 bits per heavy atom. The van der Waals surface area contributed by atoms with E-state index in [1.54, 1.807) is 30.3 Å².